The number of amides is 1. The summed E-state index contributed by atoms with van der Waals surface area (Å²) >= 11 is 0. The van der Waals surface area contributed by atoms with Crippen molar-refractivity contribution in [1.29, 1.82) is 0 Å². The Morgan fingerprint density at radius 2 is 2.19 bits per heavy atom. The van der Waals surface area contributed by atoms with Gasteiger partial charge in [-0.15, -0.1) is 0 Å². The molecule has 2 aromatic heterocycles. The molecule has 2 aromatic rings. The van der Waals surface area contributed by atoms with Crippen LogP contribution in [-0.2, 0) is 4.74 Å². The highest BCUT2D eigenvalue weighted by molar-refractivity contribution is 5.93. The number of hydrogen-bond donors (Lipinski definition) is 0. The van der Waals surface area contributed by atoms with Crippen molar-refractivity contribution in [2.75, 3.05) is 19.7 Å². The van der Waals surface area contributed by atoms with Crippen molar-refractivity contribution < 1.29 is 23.2 Å². The van der Waals surface area contributed by atoms with E-state index in [0.29, 0.717) is 44.1 Å². The molecule has 2 aliphatic heterocycles. The molecular formula is C19H20FN3O4. The average Bonchev–Trinajstić information content (AvgIpc) is 3.38. The first-order chi connectivity index (χ1) is 13.1. The zero-order chi connectivity index (χ0) is 18.4. The molecule has 27 heavy (non-hydrogen) atoms. The topological polar surface area (TPSA) is 77.7 Å². The van der Waals surface area contributed by atoms with E-state index in [-0.39, 0.29) is 17.9 Å². The number of aromatic nitrogens is 2. The number of ether oxygens (including phenoxy) is 2. The van der Waals surface area contributed by atoms with Crippen LogP contribution in [0.4, 0.5) is 4.39 Å². The number of carbonyl (C=O) groups is 1. The van der Waals surface area contributed by atoms with Crippen LogP contribution in [0.1, 0.15) is 47.8 Å². The number of hydrogen-bond acceptors (Lipinski definition) is 6. The number of pyridine rings is 1. The molecule has 142 valence electrons. The maximum Gasteiger partial charge on any atom is 0.276 e. The van der Waals surface area contributed by atoms with E-state index in [1.165, 1.54) is 18.3 Å². The molecule has 2 saturated heterocycles. The Hall–Kier alpha value is -2.48. The summed E-state index contributed by atoms with van der Waals surface area (Å²) in [5.41, 5.74) is -0.0849. The number of rotatable bonds is 4. The van der Waals surface area contributed by atoms with Crippen LogP contribution in [0.2, 0.25) is 0 Å². The third kappa shape index (κ3) is 3.18. The quantitative estimate of drug-likeness (QED) is 0.820. The fourth-order valence-electron chi connectivity index (χ4n) is 3.82. The molecule has 1 atom stereocenters. The molecule has 0 aromatic carbocycles. The zero-order valence-corrected chi connectivity index (χ0v) is 14.8. The van der Waals surface area contributed by atoms with Crippen molar-refractivity contribution in [3.05, 3.63) is 41.7 Å². The molecule has 0 bridgehead atoms. The van der Waals surface area contributed by atoms with Gasteiger partial charge < -0.3 is 18.9 Å². The highest BCUT2D eigenvalue weighted by Gasteiger charge is 2.50. The van der Waals surface area contributed by atoms with E-state index in [9.17, 15) is 9.18 Å². The highest BCUT2D eigenvalue weighted by atomic mass is 19.1. The third-order valence-corrected chi connectivity index (χ3v) is 5.42. The summed E-state index contributed by atoms with van der Waals surface area (Å²) in [6.45, 7) is 1.46. The first kappa shape index (κ1) is 16.7. The van der Waals surface area contributed by atoms with Crippen LogP contribution in [0.15, 0.2) is 28.9 Å². The number of carbonyl (C=O) groups excluding carboxylic acids is 1. The Labute approximate surface area is 155 Å². The lowest BCUT2D eigenvalue weighted by Gasteiger charge is -2.52. The lowest BCUT2D eigenvalue weighted by atomic mass is 9.84. The molecule has 1 saturated carbocycles. The first-order valence-corrected chi connectivity index (χ1v) is 9.29. The van der Waals surface area contributed by atoms with E-state index in [0.717, 1.165) is 18.6 Å². The Kier molecular flexibility index (Phi) is 3.89. The van der Waals surface area contributed by atoms with Gasteiger partial charge >= 0.3 is 0 Å². The van der Waals surface area contributed by atoms with Crippen molar-refractivity contribution in [2.24, 2.45) is 0 Å². The molecule has 0 N–H and O–H groups in total. The Morgan fingerprint density at radius 1 is 1.33 bits per heavy atom. The summed E-state index contributed by atoms with van der Waals surface area (Å²) in [5.74, 6) is 0.628. The SMILES string of the molecule is O=C(c1cc(C2CC2)on1)N1CC2(CC(Oc3ncccc3F)CCO2)C1. The van der Waals surface area contributed by atoms with Crippen molar-refractivity contribution in [1.82, 2.24) is 15.0 Å². The van der Waals surface area contributed by atoms with Crippen LogP contribution in [0, 0.1) is 5.82 Å². The summed E-state index contributed by atoms with van der Waals surface area (Å²) in [6.07, 6.45) is 4.78. The van der Waals surface area contributed by atoms with E-state index in [4.69, 9.17) is 14.0 Å². The largest absolute Gasteiger partial charge is 0.472 e. The maximum absolute atomic E-state index is 13.8. The second-order valence-corrected chi connectivity index (χ2v) is 7.60. The van der Waals surface area contributed by atoms with Gasteiger partial charge in [0, 0.05) is 31.0 Å². The molecule has 4 heterocycles. The van der Waals surface area contributed by atoms with Crippen molar-refractivity contribution in [3.63, 3.8) is 0 Å². The van der Waals surface area contributed by atoms with E-state index in [1.807, 2.05) is 0 Å². The fraction of sp³-hybridized carbons (Fsp3) is 0.526. The predicted octanol–water partition coefficient (Wildman–Crippen LogP) is 2.54. The minimum Gasteiger partial charge on any atom is -0.472 e. The van der Waals surface area contributed by atoms with Gasteiger partial charge in [0.25, 0.3) is 11.8 Å². The van der Waals surface area contributed by atoms with Crippen molar-refractivity contribution >= 4 is 5.91 Å². The van der Waals surface area contributed by atoms with Crippen LogP contribution in [0.5, 0.6) is 5.88 Å². The van der Waals surface area contributed by atoms with Crippen LogP contribution in [0.3, 0.4) is 0 Å². The van der Waals surface area contributed by atoms with E-state index >= 15 is 0 Å². The zero-order valence-electron chi connectivity index (χ0n) is 14.8. The lowest BCUT2D eigenvalue weighted by molar-refractivity contribution is -0.174. The monoisotopic (exact) mass is 373 g/mol. The average molecular weight is 373 g/mol. The van der Waals surface area contributed by atoms with Crippen LogP contribution in [-0.4, -0.2) is 52.3 Å². The third-order valence-electron chi connectivity index (χ3n) is 5.42. The molecule has 1 unspecified atom stereocenters. The lowest BCUT2D eigenvalue weighted by Crippen LogP contribution is -2.67. The van der Waals surface area contributed by atoms with Crippen LogP contribution < -0.4 is 4.74 Å². The summed E-state index contributed by atoms with van der Waals surface area (Å²) in [4.78, 5) is 18.2. The van der Waals surface area contributed by atoms with E-state index in [1.54, 1.807) is 11.0 Å². The van der Waals surface area contributed by atoms with Crippen LogP contribution in [0.25, 0.3) is 0 Å². The van der Waals surface area contributed by atoms with Crippen molar-refractivity contribution in [3.8, 4) is 5.88 Å². The molecular weight excluding hydrogens is 353 g/mol. The molecule has 5 rings (SSSR count). The Balaban J connectivity index is 1.20. The Morgan fingerprint density at radius 3 is 2.96 bits per heavy atom. The minimum atomic E-state index is -0.471. The summed E-state index contributed by atoms with van der Waals surface area (Å²) in [6, 6.07) is 4.61. The van der Waals surface area contributed by atoms with Gasteiger partial charge in [0.2, 0.25) is 0 Å². The normalized spacial score (nSPS) is 23.9. The van der Waals surface area contributed by atoms with E-state index < -0.39 is 11.4 Å². The smallest absolute Gasteiger partial charge is 0.276 e. The van der Waals surface area contributed by atoms with Gasteiger partial charge in [0.1, 0.15) is 17.5 Å². The van der Waals surface area contributed by atoms with Crippen molar-refractivity contribution in [2.45, 2.75) is 43.3 Å². The van der Waals surface area contributed by atoms with Gasteiger partial charge in [-0.2, -0.15) is 0 Å². The molecule has 1 spiro atoms. The minimum absolute atomic E-state index is 0.0157. The molecule has 8 heteroatoms. The molecule has 3 fully saturated rings. The number of nitrogens with zero attached hydrogens (tertiary/aromatic N) is 3. The number of likely N-dealkylation sites (tertiary alicyclic amines) is 1. The Bertz CT molecular complexity index is 860. The summed E-state index contributed by atoms with van der Waals surface area (Å²) in [5, 5.41) is 3.91. The van der Waals surface area contributed by atoms with Gasteiger partial charge in [-0.25, -0.2) is 9.37 Å². The first-order valence-electron chi connectivity index (χ1n) is 9.29. The second kappa shape index (κ2) is 6.30. The summed E-state index contributed by atoms with van der Waals surface area (Å²) in [7, 11) is 0. The molecule has 3 aliphatic rings. The maximum atomic E-state index is 13.8. The van der Waals surface area contributed by atoms with Gasteiger partial charge in [0.15, 0.2) is 11.5 Å². The summed E-state index contributed by atoms with van der Waals surface area (Å²) < 4.78 is 30.7. The standard InChI is InChI=1S/C19H20FN3O4/c20-14-2-1-6-21-17(14)26-13-5-7-25-19(9-13)10-23(11-19)18(24)15-8-16(27-22-15)12-3-4-12/h1-2,6,8,12-13H,3-5,7,9-11H2. The highest BCUT2D eigenvalue weighted by Crippen LogP contribution is 2.41. The second-order valence-electron chi connectivity index (χ2n) is 7.60. The van der Waals surface area contributed by atoms with Gasteiger partial charge in [-0.1, -0.05) is 5.16 Å². The van der Waals surface area contributed by atoms with Gasteiger partial charge in [-0.3, -0.25) is 4.79 Å². The van der Waals surface area contributed by atoms with E-state index in [2.05, 4.69) is 10.1 Å². The van der Waals surface area contributed by atoms with Crippen LogP contribution >= 0.6 is 0 Å². The molecule has 1 amide bonds. The molecule has 0 radical (unpaired) electrons. The fourth-order valence-corrected chi connectivity index (χ4v) is 3.82. The number of halogens is 1. The predicted molar refractivity (Wildman–Crippen MR) is 90.9 cm³/mol. The molecule has 7 nitrogen and oxygen atoms in total. The van der Waals surface area contributed by atoms with Gasteiger partial charge in [-0.05, 0) is 25.0 Å². The molecule has 1 aliphatic carbocycles. The van der Waals surface area contributed by atoms with Gasteiger partial charge in [0.05, 0.1) is 19.7 Å².